The second kappa shape index (κ2) is 7.46. The van der Waals surface area contributed by atoms with Gasteiger partial charge in [0.2, 0.25) is 0 Å². The van der Waals surface area contributed by atoms with E-state index in [0.29, 0.717) is 12.0 Å². The molecule has 0 radical (unpaired) electrons. The van der Waals surface area contributed by atoms with Crippen molar-refractivity contribution < 1.29 is 4.74 Å². The maximum atomic E-state index is 5.69. The van der Waals surface area contributed by atoms with Crippen LogP contribution in [0.2, 0.25) is 0 Å². The summed E-state index contributed by atoms with van der Waals surface area (Å²) < 4.78 is 5.69. The van der Waals surface area contributed by atoms with Crippen molar-refractivity contribution in [3.63, 3.8) is 0 Å². The molecule has 1 N–H and O–H groups in total. The first-order valence-corrected chi connectivity index (χ1v) is 7.86. The minimum atomic E-state index is 0.584. The SMILES string of the molecule is CCCNC1COCC1CN1CCCCCC1C. The van der Waals surface area contributed by atoms with E-state index >= 15 is 0 Å². The highest BCUT2D eigenvalue weighted by Gasteiger charge is 2.30. The zero-order valence-corrected chi connectivity index (χ0v) is 12.2. The molecule has 0 aliphatic carbocycles. The van der Waals surface area contributed by atoms with Gasteiger partial charge >= 0.3 is 0 Å². The van der Waals surface area contributed by atoms with Crippen LogP contribution in [0.5, 0.6) is 0 Å². The Morgan fingerprint density at radius 3 is 2.94 bits per heavy atom. The van der Waals surface area contributed by atoms with E-state index < -0.39 is 0 Å². The van der Waals surface area contributed by atoms with Crippen LogP contribution in [0.4, 0.5) is 0 Å². The second-order valence-corrected chi connectivity index (χ2v) is 6.05. The standard InChI is InChI=1S/C15H30N2O/c1-3-8-16-15-12-18-11-14(15)10-17-9-6-4-5-7-13(17)2/h13-16H,3-12H2,1-2H3. The maximum Gasteiger partial charge on any atom is 0.0623 e. The first-order valence-electron chi connectivity index (χ1n) is 7.86. The molecule has 0 saturated carbocycles. The molecule has 3 nitrogen and oxygen atoms in total. The second-order valence-electron chi connectivity index (χ2n) is 6.05. The van der Waals surface area contributed by atoms with Gasteiger partial charge in [0.25, 0.3) is 0 Å². The third-order valence-corrected chi connectivity index (χ3v) is 4.51. The van der Waals surface area contributed by atoms with Crippen molar-refractivity contribution in [2.75, 3.05) is 32.8 Å². The van der Waals surface area contributed by atoms with Crippen LogP contribution in [0.15, 0.2) is 0 Å². The van der Waals surface area contributed by atoms with E-state index in [-0.39, 0.29) is 0 Å². The van der Waals surface area contributed by atoms with E-state index in [9.17, 15) is 0 Å². The van der Waals surface area contributed by atoms with Crippen molar-refractivity contribution in [1.82, 2.24) is 10.2 Å². The van der Waals surface area contributed by atoms with Crippen LogP contribution >= 0.6 is 0 Å². The van der Waals surface area contributed by atoms with Gasteiger partial charge < -0.3 is 15.0 Å². The largest absolute Gasteiger partial charge is 0.379 e. The molecule has 2 saturated heterocycles. The fourth-order valence-electron chi connectivity index (χ4n) is 3.24. The van der Waals surface area contributed by atoms with Gasteiger partial charge in [-0.25, -0.2) is 0 Å². The Labute approximate surface area is 112 Å². The Hall–Kier alpha value is -0.120. The zero-order valence-electron chi connectivity index (χ0n) is 12.2. The number of ether oxygens (including phenoxy) is 1. The van der Waals surface area contributed by atoms with Crippen LogP contribution in [-0.4, -0.2) is 49.8 Å². The van der Waals surface area contributed by atoms with Gasteiger partial charge in [0, 0.05) is 24.5 Å². The Morgan fingerprint density at radius 1 is 1.22 bits per heavy atom. The molecule has 2 aliphatic rings. The van der Waals surface area contributed by atoms with Gasteiger partial charge in [0.15, 0.2) is 0 Å². The third kappa shape index (κ3) is 3.94. The predicted molar refractivity (Wildman–Crippen MR) is 75.9 cm³/mol. The van der Waals surface area contributed by atoms with E-state index in [1.807, 2.05) is 0 Å². The van der Waals surface area contributed by atoms with Crippen molar-refractivity contribution in [2.45, 2.75) is 58.0 Å². The molecular weight excluding hydrogens is 224 g/mol. The molecule has 0 bridgehead atoms. The highest BCUT2D eigenvalue weighted by Crippen LogP contribution is 2.21. The molecule has 3 unspecified atom stereocenters. The van der Waals surface area contributed by atoms with Gasteiger partial charge in [-0.15, -0.1) is 0 Å². The fourth-order valence-corrected chi connectivity index (χ4v) is 3.24. The monoisotopic (exact) mass is 254 g/mol. The number of hydrogen-bond acceptors (Lipinski definition) is 3. The topological polar surface area (TPSA) is 24.5 Å². The van der Waals surface area contributed by atoms with Crippen LogP contribution in [0.1, 0.15) is 46.0 Å². The van der Waals surface area contributed by atoms with Gasteiger partial charge in [-0.3, -0.25) is 0 Å². The molecule has 2 rings (SSSR count). The van der Waals surface area contributed by atoms with Gasteiger partial charge in [-0.2, -0.15) is 0 Å². The van der Waals surface area contributed by atoms with E-state index in [1.54, 1.807) is 0 Å². The van der Waals surface area contributed by atoms with E-state index in [1.165, 1.54) is 45.2 Å². The van der Waals surface area contributed by atoms with Crippen LogP contribution in [0, 0.1) is 5.92 Å². The summed E-state index contributed by atoms with van der Waals surface area (Å²) in [6.07, 6.45) is 6.80. The van der Waals surface area contributed by atoms with Gasteiger partial charge in [-0.1, -0.05) is 19.8 Å². The smallest absolute Gasteiger partial charge is 0.0623 e. The molecule has 3 atom stereocenters. The van der Waals surface area contributed by atoms with E-state index in [2.05, 4.69) is 24.1 Å². The quantitative estimate of drug-likeness (QED) is 0.814. The van der Waals surface area contributed by atoms with Crippen LogP contribution < -0.4 is 5.32 Å². The zero-order chi connectivity index (χ0) is 12.8. The predicted octanol–water partition coefficient (Wildman–Crippen LogP) is 2.27. The van der Waals surface area contributed by atoms with Crippen molar-refractivity contribution in [2.24, 2.45) is 5.92 Å². The third-order valence-electron chi connectivity index (χ3n) is 4.51. The van der Waals surface area contributed by atoms with Crippen molar-refractivity contribution in [1.29, 1.82) is 0 Å². The molecule has 18 heavy (non-hydrogen) atoms. The first-order chi connectivity index (χ1) is 8.81. The molecule has 2 aliphatic heterocycles. The number of hydrogen-bond donors (Lipinski definition) is 1. The van der Waals surface area contributed by atoms with Crippen molar-refractivity contribution in [3.05, 3.63) is 0 Å². The Bertz CT molecular complexity index is 235. The minimum absolute atomic E-state index is 0.584. The van der Waals surface area contributed by atoms with E-state index in [0.717, 1.165) is 25.8 Å². The fraction of sp³-hybridized carbons (Fsp3) is 1.00. The molecule has 3 heteroatoms. The lowest BCUT2D eigenvalue weighted by Gasteiger charge is -2.31. The summed E-state index contributed by atoms with van der Waals surface area (Å²) in [4.78, 5) is 2.70. The minimum Gasteiger partial charge on any atom is -0.379 e. The average molecular weight is 254 g/mol. The van der Waals surface area contributed by atoms with Crippen molar-refractivity contribution >= 4 is 0 Å². The summed E-state index contributed by atoms with van der Waals surface area (Å²) >= 11 is 0. The Morgan fingerprint density at radius 2 is 2.11 bits per heavy atom. The first kappa shape index (κ1) is 14.3. The Balaban J connectivity index is 1.82. The maximum absolute atomic E-state index is 5.69. The number of nitrogens with one attached hydrogen (secondary N) is 1. The summed E-state index contributed by atoms with van der Waals surface area (Å²) in [5.74, 6) is 0.692. The highest BCUT2D eigenvalue weighted by atomic mass is 16.5. The molecular formula is C15H30N2O. The average Bonchev–Trinajstić information content (AvgIpc) is 2.71. The van der Waals surface area contributed by atoms with Gasteiger partial charge in [0.05, 0.1) is 13.2 Å². The Kier molecular flexibility index (Phi) is 5.93. The van der Waals surface area contributed by atoms with Gasteiger partial charge in [-0.05, 0) is 39.3 Å². The molecule has 0 spiro atoms. The number of rotatable bonds is 5. The molecule has 106 valence electrons. The highest BCUT2D eigenvalue weighted by molar-refractivity contribution is 4.85. The lowest BCUT2D eigenvalue weighted by Crippen LogP contribution is -2.44. The molecule has 0 aromatic carbocycles. The molecule has 0 aromatic rings. The lowest BCUT2D eigenvalue weighted by atomic mass is 10.0. The summed E-state index contributed by atoms with van der Waals surface area (Å²) in [6.45, 7) is 10.1. The lowest BCUT2D eigenvalue weighted by molar-refractivity contribution is 0.149. The van der Waals surface area contributed by atoms with Crippen LogP contribution in [-0.2, 0) is 4.74 Å². The summed E-state index contributed by atoms with van der Waals surface area (Å²) in [5, 5.41) is 3.65. The van der Waals surface area contributed by atoms with Crippen molar-refractivity contribution in [3.8, 4) is 0 Å². The molecule has 0 aromatic heterocycles. The summed E-state index contributed by atoms with van der Waals surface area (Å²) in [5.41, 5.74) is 0. The van der Waals surface area contributed by atoms with Crippen LogP contribution in [0.3, 0.4) is 0 Å². The van der Waals surface area contributed by atoms with Gasteiger partial charge in [0.1, 0.15) is 0 Å². The normalized spacial score (nSPS) is 34.7. The number of likely N-dealkylation sites (tertiary alicyclic amines) is 1. The molecule has 2 heterocycles. The molecule has 2 fully saturated rings. The summed E-state index contributed by atoms with van der Waals surface area (Å²) in [6, 6.07) is 1.35. The number of nitrogens with zero attached hydrogens (tertiary/aromatic N) is 1. The van der Waals surface area contributed by atoms with Crippen LogP contribution in [0.25, 0.3) is 0 Å². The molecule has 0 amide bonds. The summed E-state index contributed by atoms with van der Waals surface area (Å²) in [7, 11) is 0. The van der Waals surface area contributed by atoms with E-state index in [4.69, 9.17) is 4.74 Å².